The van der Waals surface area contributed by atoms with Gasteiger partial charge in [0.25, 0.3) is 11.6 Å². The Bertz CT molecular complexity index is 884. The number of non-ortho nitro benzene ring substituents is 1. The molecule has 11 heteroatoms. The summed E-state index contributed by atoms with van der Waals surface area (Å²) in [5.41, 5.74) is 0.907. The van der Waals surface area contributed by atoms with Crippen molar-refractivity contribution in [1.82, 2.24) is 14.9 Å². The molecule has 2 aromatic rings. The van der Waals surface area contributed by atoms with Crippen LogP contribution < -0.4 is 9.80 Å². The molecule has 1 saturated heterocycles. The van der Waals surface area contributed by atoms with Gasteiger partial charge in [-0.15, -0.1) is 0 Å². The van der Waals surface area contributed by atoms with Gasteiger partial charge in [-0.1, -0.05) is 0 Å². The number of aromatic nitrogens is 2. The summed E-state index contributed by atoms with van der Waals surface area (Å²) in [7, 11) is 1.66. The second-order valence-electron chi connectivity index (χ2n) is 6.71. The summed E-state index contributed by atoms with van der Waals surface area (Å²) in [5.74, 6) is -0.406. The van der Waals surface area contributed by atoms with Crippen molar-refractivity contribution in [3.05, 3.63) is 52.8 Å². The van der Waals surface area contributed by atoms with Crippen LogP contribution in [0.4, 0.5) is 17.3 Å². The van der Waals surface area contributed by atoms with Gasteiger partial charge >= 0.3 is 5.97 Å². The number of nitro benzene ring substituents is 1. The number of esters is 1. The number of benzene rings is 1. The van der Waals surface area contributed by atoms with E-state index < -0.39 is 10.9 Å². The molecule has 0 spiro atoms. The molecule has 1 fully saturated rings. The SMILES string of the molecule is CN(CC(=O)OCC(=O)N1CCN(c2ccc([N+](=O)[O-])cc2)CC1)c1ncccn1. The molecule has 11 nitrogen and oxygen atoms in total. The fraction of sp³-hybridized carbons (Fsp3) is 0.368. The van der Waals surface area contributed by atoms with Gasteiger partial charge in [0.05, 0.1) is 4.92 Å². The summed E-state index contributed by atoms with van der Waals surface area (Å²) in [6.07, 6.45) is 3.15. The molecule has 0 atom stereocenters. The summed E-state index contributed by atoms with van der Waals surface area (Å²) in [5, 5.41) is 10.8. The Morgan fingerprint density at radius 3 is 2.37 bits per heavy atom. The average Bonchev–Trinajstić information content (AvgIpc) is 2.78. The molecule has 0 unspecified atom stereocenters. The van der Waals surface area contributed by atoms with Gasteiger partial charge in [-0.25, -0.2) is 9.97 Å². The number of nitrogens with zero attached hydrogens (tertiary/aromatic N) is 6. The Morgan fingerprint density at radius 1 is 1.13 bits per heavy atom. The molecule has 30 heavy (non-hydrogen) atoms. The third-order valence-corrected chi connectivity index (χ3v) is 4.67. The first kappa shape index (κ1) is 21.0. The largest absolute Gasteiger partial charge is 0.454 e. The first-order valence-electron chi connectivity index (χ1n) is 9.35. The molecule has 0 bridgehead atoms. The van der Waals surface area contributed by atoms with Crippen molar-refractivity contribution >= 4 is 29.2 Å². The van der Waals surface area contributed by atoms with Gasteiger partial charge in [0.2, 0.25) is 5.95 Å². The van der Waals surface area contributed by atoms with E-state index in [0.717, 1.165) is 5.69 Å². The first-order chi connectivity index (χ1) is 14.4. The molecule has 1 aromatic heterocycles. The van der Waals surface area contributed by atoms with Gasteiger partial charge in [0, 0.05) is 63.4 Å². The van der Waals surface area contributed by atoms with Crippen LogP contribution in [-0.2, 0) is 14.3 Å². The number of hydrogen-bond acceptors (Lipinski definition) is 9. The highest BCUT2D eigenvalue weighted by atomic mass is 16.6. The summed E-state index contributed by atoms with van der Waals surface area (Å²) < 4.78 is 5.09. The highest BCUT2D eigenvalue weighted by Gasteiger charge is 2.23. The van der Waals surface area contributed by atoms with Gasteiger partial charge in [0.1, 0.15) is 6.54 Å². The molecule has 1 aliphatic heterocycles. The number of carbonyl (C=O) groups excluding carboxylic acids is 2. The van der Waals surface area contributed by atoms with Crippen molar-refractivity contribution in [2.24, 2.45) is 0 Å². The van der Waals surface area contributed by atoms with E-state index in [1.165, 1.54) is 17.0 Å². The van der Waals surface area contributed by atoms with Crippen molar-refractivity contribution in [3.8, 4) is 0 Å². The smallest absolute Gasteiger partial charge is 0.326 e. The number of hydrogen-bond donors (Lipinski definition) is 0. The van der Waals surface area contributed by atoms with E-state index in [1.807, 2.05) is 4.90 Å². The minimum atomic E-state index is -0.539. The molecule has 0 saturated carbocycles. The number of carbonyl (C=O) groups is 2. The van der Waals surface area contributed by atoms with Crippen LogP contribution in [0.1, 0.15) is 0 Å². The minimum absolute atomic E-state index is 0.0406. The Hall–Kier alpha value is -3.76. The molecule has 1 amide bonds. The highest BCUT2D eigenvalue weighted by molar-refractivity contribution is 5.82. The van der Waals surface area contributed by atoms with Crippen molar-refractivity contribution < 1.29 is 19.2 Å². The van der Waals surface area contributed by atoms with Crippen LogP contribution in [0, 0.1) is 10.1 Å². The Balaban J connectivity index is 1.41. The lowest BCUT2D eigenvalue weighted by atomic mass is 10.2. The number of likely N-dealkylation sites (N-methyl/N-ethyl adjacent to an activating group) is 1. The lowest BCUT2D eigenvalue weighted by molar-refractivity contribution is -0.384. The first-order valence-corrected chi connectivity index (χ1v) is 9.35. The maximum absolute atomic E-state index is 12.3. The maximum atomic E-state index is 12.3. The van der Waals surface area contributed by atoms with E-state index in [4.69, 9.17) is 4.74 Å². The lowest BCUT2D eigenvalue weighted by Gasteiger charge is -2.36. The summed E-state index contributed by atoms with van der Waals surface area (Å²) in [6, 6.07) is 8.00. The zero-order valence-electron chi connectivity index (χ0n) is 16.5. The molecule has 0 N–H and O–H groups in total. The highest BCUT2D eigenvalue weighted by Crippen LogP contribution is 2.20. The van der Waals surface area contributed by atoms with Crippen LogP contribution >= 0.6 is 0 Å². The van der Waals surface area contributed by atoms with Gasteiger partial charge < -0.3 is 19.4 Å². The molecule has 158 valence electrons. The monoisotopic (exact) mass is 414 g/mol. The molecule has 3 rings (SSSR count). The fourth-order valence-electron chi connectivity index (χ4n) is 3.03. The van der Waals surface area contributed by atoms with E-state index in [-0.39, 0.29) is 24.7 Å². The van der Waals surface area contributed by atoms with Crippen molar-refractivity contribution in [2.45, 2.75) is 0 Å². The van der Waals surface area contributed by atoms with Crippen LogP contribution in [0.25, 0.3) is 0 Å². The second-order valence-corrected chi connectivity index (χ2v) is 6.71. The van der Waals surface area contributed by atoms with Crippen LogP contribution in [-0.4, -0.2) is 78.0 Å². The van der Waals surface area contributed by atoms with E-state index >= 15 is 0 Å². The normalized spacial score (nSPS) is 13.6. The number of amides is 1. The molecule has 0 aliphatic carbocycles. The maximum Gasteiger partial charge on any atom is 0.326 e. The summed E-state index contributed by atoms with van der Waals surface area (Å²) in [6.45, 7) is 1.75. The predicted molar refractivity (Wildman–Crippen MR) is 108 cm³/mol. The molecule has 2 heterocycles. The van der Waals surface area contributed by atoms with Crippen molar-refractivity contribution in [2.75, 3.05) is 56.2 Å². The number of ether oxygens (including phenoxy) is 1. The fourth-order valence-corrected chi connectivity index (χ4v) is 3.03. The number of anilines is 2. The second kappa shape index (κ2) is 9.63. The average molecular weight is 414 g/mol. The minimum Gasteiger partial charge on any atom is -0.454 e. The number of nitro groups is 1. The predicted octanol–water partition coefficient (Wildman–Crippen LogP) is 0.713. The standard InChI is InChI=1S/C19H22N6O5/c1-22(19-20-7-2-8-21-19)13-18(27)30-14-17(26)24-11-9-23(10-12-24)15-3-5-16(6-4-15)25(28)29/h2-8H,9-14H2,1H3. The molecule has 1 aromatic carbocycles. The van der Waals surface area contributed by atoms with Gasteiger partial charge in [-0.2, -0.15) is 0 Å². The van der Waals surface area contributed by atoms with Crippen LogP contribution in [0.5, 0.6) is 0 Å². The van der Waals surface area contributed by atoms with Gasteiger partial charge in [0.15, 0.2) is 6.61 Å². The topological polar surface area (TPSA) is 122 Å². The van der Waals surface area contributed by atoms with Crippen molar-refractivity contribution in [3.63, 3.8) is 0 Å². The quantitative estimate of drug-likeness (QED) is 0.366. The van der Waals surface area contributed by atoms with Gasteiger partial charge in [-0.3, -0.25) is 19.7 Å². The molecular formula is C19H22N6O5. The molecule has 0 radical (unpaired) electrons. The molecule has 1 aliphatic rings. The molecular weight excluding hydrogens is 392 g/mol. The van der Waals surface area contributed by atoms with E-state index in [1.54, 1.807) is 42.5 Å². The van der Waals surface area contributed by atoms with E-state index in [2.05, 4.69) is 9.97 Å². The zero-order chi connectivity index (χ0) is 21.5. The zero-order valence-corrected chi connectivity index (χ0v) is 16.5. The van der Waals surface area contributed by atoms with Crippen molar-refractivity contribution in [1.29, 1.82) is 0 Å². The Kier molecular flexibility index (Phi) is 6.73. The Labute approximate surface area is 173 Å². The summed E-state index contributed by atoms with van der Waals surface area (Å²) >= 11 is 0. The van der Waals surface area contributed by atoms with Crippen LogP contribution in [0.15, 0.2) is 42.7 Å². The van der Waals surface area contributed by atoms with Gasteiger partial charge in [-0.05, 0) is 18.2 Å². The third kappa shape index (κ3) is 5.40. The summed E-state index contributed by atoms with van der Waals surface area (Å²) in [4.78, 5) is 47.9. The third-order valence-electron chi connectivity index (χ3n) is 4.67. The van der Waals surface area contributed by atoms with E-state index in [0.29, 0.717) is 32.1 Å². The number of piperazine rings is 1. The van der Waals surface area contributed by atoms with E-state index in [9.17, 15) is 19.7 Å². The lowest BCUT2D eigenvalue weighted by Crippen LogP contribution is -2.50. The number of rotatable bonds is 7. The Morgan fingerprint density at radius 2 is 1.77 bits per heavy atom. The van der Waals surface area contributed by atoms with Crippen LogP contribution in [0.3, 0.4) is 0 Å². The van der Waals surface area contributed by atoms with Crippen LogP contribution in [0.2, 0.25) is 0 Å².